The molecule has 0 spiro atoms. The van der Waals surface area contributed by atoms with Crippen molar-refractivity contribution in [2.24, 2.45) is 0 Å². The Balaban J connectivity index is 1.58. The topological polar surface area (TPSA) is 241 Å². The average Bonchev–Trinajstić information content (AvgIpc) is 2.94. The van der Waals surface area contributed by atoms with Gasteiger partial charge in [-0.1, -0.05) is 12.1 Å². The van der Waals surface area contributed by atoms with E-state index >= 15 is 0 Å². The van der Waals surface area contributed by atoms with E-state index in [1.807, 2.05) is 0 Å². The van der Waals surface area contributed by atoms with Gasteiger partial charge in [0.25, 0.3) is 0 Å². The van der Waals surface area contributed by atoms with Crippen LogP contribution in [0.25, 0.3) is 0 Å². The van der Waals surface area contributed by atoms with E-state index in [4.69, 9.17) is 9.47 Å². The third-order valence-electron chi connectivity index (χ3n) is 7.78. The van der Waals surface area contributed by atoms with Crippen LogP contribution in [0.2, 0.25) is 0 Å². The molecule has 4 aromatic carbocycles. The quantitative estimate of drug-likeness (QED) is 0.153. The minimum atomic E-state index is -1.82. The SMILES string of the molecule is Oc1cc(O)c2c(c1)O[C@@H](c1ccc(O)c(O)c1)[C@@H](O)[C@H]2c1c(O)cc(O)c2c1O[C@H](c1ccc(O)c(O)c1)[C@H](O)[C@H]2O. The van der Waals surface area contributed by atoms with Crippen LogP contribution in [-0.2, 0) is 0 Å². The molecule has 0 radical (unpaired) electrons. The van der Waals surface area contributed by atoms with Crippen LogP contribution in [-0.4, -0.2) is 68.4 Å². The number of ether oxygens (including phenoxy) is 2. The molecule has 0 unspecified atom stereocenters. The van der Waals surface area contributed by atoms with Gasteiger partial charge < -0.3 is 65.6 Å². The number of hydrogen-bond donors (Lipinski definition) is 11. The predicted octanol–water partition coefficient (Wildman–Crippen LogP) is 2.49. The van der Waals surface area contributed by atoms with Crippen molar-refractivity contribution in [3.05, 3.63) is 82.4 Å². The molecule has 0 fully saturated rings. The Hall–Kier alpha value is -5.24. The largest absolute Gasteiger partial charge is 0.508 e. The van der Waals surface area contributed by atoms with Crippen molar-refractivity contribution in [1.29, 1.82) is 0 Å². The summed E-state index contributed by atoms with van der Waals surface area (Å²) in [6.45, 7) is 0. The molecule has 6 atom stereocenters. The minimum Gasteiger partial charge on any atom is -0.508 e. The van der Waals surface area contributed by atoms with E-state index in [0.717, 1.165) is 42.5 Å². The van der Waals surface area contributed by atoms with Gasteiger partial charge in [-0.15, -0.1) is 0 Å². The molecule has 0 amide bonds. The van der Waals surface area contributed by atoms with Crippen molar-refractivity contribution in [3.63, 3.8) is 0 Å². The highest BCUT2D eigenvalue weighted by Crippen LogP contribution is 2.58. The van der Waals surface area contributed by atoms with Crippen LogP contribution in [0.5, 0.6) is 57.5 Å². The highest BCUT2D eigenvalue weighted by atomic mass is 16.5. The third-order valence-corrected chi connectivity index (χ3v) is 7.78. The number of hydrogen-bond acceptors (Lipinski definition) is 13. The van der Waals surface area contributed by atoms with E-state index in [9.17, 15) is 56.2 Å². The first kappa shape index (κ1) is 27.9. The molecule has 11 N–H and O–H groups in total. The second-order valence-corrected chi connectivity index (χ2v) is 10.4. The lowest BCUT2D eigenvalue weighted by atomic mass is 9.77. The highest BCUT2D eigenvalue weighted by molar-refractivity contribution is 5.66. The second kappa shape index (κ2) is 9.94. The van der Waals surface area contributed by atoms with Gasteiger partial charge in [0, 0.05) is 29.3 Å². The van der Waals surface area contributed by atoms with Gasteiger partial charge in [-0.2, -0.15) is 0 Å². The molecule has 0 bridgehead atoms. The number of aliphatic hydroxyl groups is 3. The van der Waals surface area contributed by atoms with Gasteiger partial charge in [-0.05, 0) is 35.4 Å². The van der Waals surface area contributed by atoms with Gasteiger partial charge in [0.1, 0.15) is 52.8 Å². The van der Waals surface area contributed by atoms with Crippen LogP contribution in [0, 0.1) is 0 Å². The Morgan fingerprint density at radius 2 is 1.00 bits per heavy atom. The maximum absolute atomic E-state index is 11.8. The van der Waals surface area contributed by atoms with Gasteiger partial charge in [0.15, 0.2) is 35.2 Å². The Morgan fingerprint density at radius 1 is 0.465 bits per heavy atom. The zero-order chi connectivity index (χ0) is 30.9. The fourth-order valence-corrected chi connectivity index (χ4v) is 5.75. The molecular weight excluding hydrogens is 568 g/mol. The van der Waals surface area contributed by atoms with Gasteiger partial charge in [0.2, 0.25) is 0 Å². The van der Waals surface area contributed by atoms with E-state index < -0.39 is 82.4 Å². The zero-order valence-corrected chi connectivity index (χ0v) is 21.9. The lowest BCUT2D eigenvalue weighted by Gasteiger charge is -2.41. The minimum absolute atomic E-state index is 0.0967. The van der Waals surface area contributed by atoms with E-state index in [1.165, 1.54) is 12.1 Å². The van der Waals surface area contributed by atoms with Gasteiger partial charge in [-0.3, -0.25) is 0 Å². The Bertz CT molecular complexity index is 1750. The molecular formula is C30H26O13. The maximum Gasteiger partial charge on any atom is 0.157 e. The van der Waals surface area contributed by atoms with Crippen LogP contribution in [0.3, 0.4) is 0 Å². The molecule has 2 aliphatic rings. The maximum atomic E-state index is 11.8. The number of benzene rings is 4. The average molecular weight is 595 g/mol. The van der Waals surface area contributed by atoms with Gasteiger partial charge >= 0.3 is 0 Å². The Kier molecular flexibility index (Phi) is 6.45. The zero-order valence-electron chi connectivity index (χ0n) is 21.9. The third kappa shape index (κ3) is 4.37. The molecule has 4 aromatic rings. The van der Waals surface area contributed by atoms with Crippen molar-refractivity contribution in [3.8, 4) is 57.5 Å². The number of fused-ring (bicyclic) bond motifs is 2. The van der Waals surface area contributed by atoms with Crippen LogP contribution >= 0.6 is 0 Å². The first-order valence-electron chi connectivity index (χ1n) is 12.9. The Labute approximate surface area is 242 Å². The van der Waals surface area contributed by atoms with Crippen molar-refractivity contribution in [2.45, 2.75) is 36.4 Å². The molecule has 224 valence electrons. The van der Waals surface area contributed by atoms with Gasteiger partial charge in [-0.25, -0.2) is 0 Å². The normalized spacial score (nSPS) is 24.3. The molecule has 13 nitrogen and oxygen atoms in total. The summed E-state index contributed by atoms with van der Waals surface area (Å²) in [4.78, 5) is 0. The molecule has 2 aliphatic heterocycles. The first-order valence-corrected chi connectivity index (χ1v) is 12.9. The number of phenols is 8. The van der Waals surface area contributed by atoms with Crippen LogP contribution in [0.4, 0.5) is 0 Å². The molecule has 0 saturated heterocycles. The molecule has 0 aromatic heterocycles. The summed E-state index contributed by atoms with van der Waals surface area (Å²) in [7, 11) is 0. The predicted molar refractivity (Wildman–Crippen MR) is 145 cm³/mol. The van der Waals surface area contributed by atoms with Crippen molar-refractivity contribution >= 4 is 0 Å². The van der Waals surface area contributed by atoms with Crippen molar-refractivity contribution < 1.29 is 65.6 Å². The van der Waals surface area contributed by atoms with E-state index in [1.54, 1.807) is 0 Å². The van der Waals surface area contributed by atoms with E-state index in [0.29, 0.717) is 0 Å². The monoisotopic (exact) mass is 594 g/mol. The molecule has 0 saturated carbocycles. The number of aromatic hydroxyl groups is 8. The van der Waals surface area contributed by atoms with Crippen molar-refractivity contribution in [2.75, 3.05) is 0 Å². The van der Waals surface area contributed by atoms with Crippen LogP contribution < -0.4 is 9.47 Å². The van der Waals surface area contributed by atoms with Crippen molar-refractivity contribution in [1.82, 2.24) is 0 Å². The standard InChI is InChI=1S/C30H26O13/c31-12-7-17(36)21-20(8-12)42-28(10-1-3-13(32)15(34)5-10)26(40)24(21)22-18(37)9-19(38)23-25(39)27(41)29(43-30(22)23)11-2-4-14(33)16(35)6-11/h1-9,24-29,31-41H/t24-,25+,26+,27-,28+,29-/m1/s1. The molecule has 43 heavy (non-hydrogen) atoms. The summed E-state index contributed by atoms with van der Waals surface area (Å²) in [5.74, 6) is -6.21. The number of phenolic OH excluding ortho intramolecular Hbond substituents is 8. The lowest BCUT2D eigenvalue weighted by molar-refractivity contribution is -0.0723. The summed E-state index contributed by atoms with van der Waals surface area (Å²) in [5, 5.41) is 117. The summed E-state index contributed by atoms with van der Waals surface area (Å²) < 4.78 is 12.0. The molecule has 13 heteroatoms. The fourth-order valence-electron chi connectivity index (χ4n) is 5.75. The molecule has 6 rings (SSSR count). The summed E-state index contributed by atoms with van der Waals surface area (Å²) >= 11 is 0. The Morgan fingerprint density at radius 3 is 1.58 bits per heavy atom. The van der Waals surface area contributed by atoms with E-state index in [2.05, 4.69) is 0 Å². The van der Waals surface area contributed by atoms with Gasteiger partial charge in [0.05, 0.1) is 11.5 Å². The highest BCUT2D eigenvalue weighted by Gasteiger charge is 2.48. The summed E-state index contributed by atoms with van der Waals surface area (Å²) in [6, 6.07) is 10.1. The smallest absolute Gasteiger partial charge is 0.157 e. The lowest BCUT2D eigenvalue weighted by Crippen LogP contribution is -2.38. The van der Waals surface area contributed by atoms with Crippen LogP contribution in [0.15, 0.2) is 54.6 Å². The van der Waals surface area contributed by atoms with E-state index in [-0.39, 0.29) is 39.3 Å². The number of rotatable bonds is 3. The fraction of sp³-hybridized carbons (Fsp3) is 0.200. The van der Waals surface area contributed by atoms with Crippen LogP contribution in [0.1, 0.15) is 52.0 Å². The summed E-state index contributed by atoms with van der Waals surface area (Å²) in [5.41, 5.74) is -0.466. The molecule has 0 aliphatic carbocycles. The first-order chi connectivity index (χ1) is 20.4. The molecule has 2 heterocycles. The summed E-state index contributed by atoms with van der Waals surface area (Å²) in [6.07, 6.45) is -7.99. The second-order valence-electron chi connectivity index (χ2n) is 10.4. The number of aliphatic hydroxyl groups excluding tert-OH is 3.